The molecule has 2 unspecified atom stereocenters. The molecule has 1 fully saturated rings. The number of aryl methyl sites for hydroxylation is 5. The van der Waals surface area contributed by atoms with Crippen molar-refractivity contribution >= 4 is 17.5 Å². The highest BCUT2D eigenvalue weighted by atomic mass is 16.2. The molecule has 28 heavy (non-hydrogen) atoms. The lowest BCUT2D eigenvalue weighted by Crippen LogP contribution is -2.28. The minimum atomic E-state index is -0.677. The molecule has 1 aromatic heterocycles. The summed E-state index contributed by atoms with van der Waals surface area (Å²) in [6.45, 7) is 7.95. The van der Waals surface area contributed by atoms with Crippen LogP contribution in [-0.4, -0.2) is 39.0 Å². The van der Waals surface area contributed by atoms with Gasteiger partial charge in [0.15, 0.2) is 11.5 Å². The van der Waals surface area contributed by atoms with Crippen molar-refractivity contribution in [3.8, 4) is 0 Å². The molecule has 1 saturated carbocycles. The Bertz CT molecular complexity index is 938. The van der Waals surface area contributed by atoms with E-state index < -0.39 is 5.92 Å². The van der Waals surface area contributed by atoms with Crippen molar-refractivity contribution in [2.75, 3.05) is 6.54 Å². The second kappa shape index (κ2) is 7.66. The Hall–Kier alpha value is -2.83. The normalized spacial score (nSPS) is 19.3. The summed E-state index contributed by atoms with van der Waals surface area (Å²) in [6.07, 6.45) is 0.673. The van der Waals surface area contributed by atoms with E-state index in [1.807, 2.05) is 32.9 Å². The van der Waals surface area contributed by atoms with E-state index in [2.05, 4.69) is 15.5 Å². The van der Waals surface area contributed by atoms with Gasteiger partial charge in [0, 0.05) is 25.9 Å². The molecule has 0 bridgehead atoms. The van der Waals surface area contributed by atoms with Crippen molar-refractivity contribution in [1.82, 2.24) is 20.3 Å². The van der Waals surface area contributed by atoms with Crippen molar-refractivity contribution in [3.63, 3.8) is 0 Å². The fourth-order valence-electron chi connectivity index (χ4n) is 4.21. The third-order valence-corrected chi connectivity index (χ3v) is 5.36. The first-order valence-corrected chi connectivity index (χ1v) is 9.49. The zero-order valence-corrected chi connectivity index (χ0v) is 17.0. The van der Waals surface area contributed by atoms with Crippen molar-refractivity contribution < 1.29 is 14.4 Å². The van der Waals surface area contributed by atoms with Gasteiger partial charge in [-0.25, -0.2) is 0 Å². The van der Waals surface area contributed by atoms with E-state index in [0.29, 0.717) is 18.7 Å². The Kier molecular flexibility index (Phi) is 5.45. The first-order valence-electron chi connectivity index (χ1n) is 9.49. The maximum absolute atomic E-state index is 12.9. The van der Waals surface area contributed by atoms with Gasteiger partial charge in [-0.05, 0) is 50.8 Å². The number of carbonyl (C=O) groups excluding carboxylic acids is 3. The number of amides is 1. The zero-order chi connectivity index (χ0) is 20.6. The van der Waals surface area contributed by atoms with Gasteiger partial charge in [-0.3, -0.25) is 14.4 Å². The largest absolute Gasteiger partial charge is 0.351 e. The van der Waals surface area contributed by atoms with E-state index in [4.69, 9.17) is 0 Å². The number of ketones is 2. The summed E-state index contributed by atoms with van der Waals surface area (Å²) >= 11 is 0. The van der Waals surface area contributed by atoms with E-state index in [0.717, 1.165) is 22.3 Å². The Morgan fingerprint density at radius 3 is 2.36 bits per heavy atom. The maximum Gasteiger partial charge on any atom is 0.273 e. The van der Waals surface area contributed by atoms with Crippen LogP contribution in [0.4, 0.5) is 0 Å². The predicted molar refractivity (Wildman–Crippen MR) is 104 cm³/mol. The number of nitrogens with one attached hydrogen (secondary N) is 1. The molecule has 0 radical (unpaired) electrons. The smallest absolute Gasteiger partial charge is 0.273 e. The van der Waals surface area contributed by atoms with Crippen molar-refractivity contribution in [1.29, 1.82) is 0 Å². The van der Waals surface area contributed by atoms with Gasteiger partial charge < -0.3 is 5.32 Å². The highest BCUT2D eigenvalue weighted by Crippen LogP contribution is 2.37. The van der Waals surface area contributed by atoms with Gasteiger partial charge in [-0.2, -0.15) is 9.90 Å². The molecule has 1 amide bonds. The number of rotatable bonds is 5. The summed E-state index contributed by atoms with van der Waals surface area (Å²) in [5.41, 5.74) is 4.77. The predicted octanol–water partition coefficient (Wildman–Crippen LogP) is 2.11. The number of Topliss-reactive ketones (excluding diaryl/α,β-unsaturated/α-hetero) is 2. The van der Waals surface area contributed by atoms with Crippen LogP contribution in [0.2, 0.25) is 0 Å². The van der Waals surface area contributed by atoms with Crippen LogP contribution in [0.3, 0.4) is 0 Å². The fourth-order valence-corrected chi connectivity index (χ4v) is 4.21. The van der Waals surface area contributed by atoms with Gasteiger partial charge >= 0.3 is 0 Å². The van der Waals surface area contributed by atoms with E-state index in [-0.39, 0.29) is 35.5 Å². The zero-order valence-electron chi connectivity index (χ0n) is 17.0. The summed E-state index contributed by atoms with van der Waals surface area (Å²) in [7, 11) is 1.65. The number of hydrogen-bond donors (Lipinski definition) is 1. The molecule has 1 N–H and O–H groups in total. The van der Waals surface area contributed by atoms with Crippen LogP contribution >= 0.6 is 0 Å². The molecule has 1 aliphatic rings. The lowest BCUT2D eigenvalue weighted by atomic mass is 9.86. The summed E-state index contributed by atoms with van der Waals surface area (Å²) in [5, 5.41) is 10.9. The second-order valence-electron chi connectivity index (χ2n) is 7.68. The summed E-state index contributed by atoms with van der Waals surface area (Å²) in [4.78, 5) is 39.1. The molecule has 2 atom stereocenters. The number of nitrogens with zero attached hydrogens (tertiary/aromatic N) is 3. The average molecular weight is 382 g/mol. The Morgan fingerprint density at radius 2 is 1.79 bits per heavy atom. The Morgan fingerprint density at radius 1 is 1.14 bits per heavy atom. The number of benzene rings is 1. The molecule has 1 aliphatic carbocycles. The molecule has 0 spiro atoms. The van der Waals surface area contributed by atoms with Gasteiger partial charge in [0.1, 0.15) is 11.7 Å². The topological polar surface area (TPSA) is 93.9 Å². The van der Waals surface area contributed by atoms with Crippen LogP contribution in [0.25, 0.3) is 0 Å². The number of hydrogen-bond acceptors (Lipinski definition) is 5. The molecule has 1 heterocycles. The molecular weight excluding hydrogens is 356 g/mol. The fraction of sp³-hybridized carbons (Fsp3) is 0.476. The van der Waals surface area contributed by atoms with Crippen LogP contribution in [-0.2, 0) is 16.6 Å². The molecule has 0 saturated heterocycles. The van der Waals surface area contributed by atoms with E-state index in [1.165, 1.54) is 4.80 Å². The van der Waals surface area contributed by atoms with Crippen molar-refractivity contribution in [2.45, 2.75) is 46.5 Å². The van der Waals surface area contributed by atoms with Crippen LogP contribution in [0.5, 0.6) is 0 Å². The van der Waals surface area contributed by atoms with Gasteiger partial charge in [0.2, 0.25) is 0 Å². The van der Waals surface area contributed by atoms with Crippen LogP contribution in [0, 0.1) is 33.6 Å². The molecule has 7 nitrogen and oxygen atoms in total. The van der Waals surface area contributed by atoms with Gasteiger partial charge in [0.25, 0.3) is 5.91 Å². The first kappa shape index (κ1) is 19.9. The lowest BCUT2D eigenvalue weighted by molar-refractivity contribution is -0.124. The van der Waals surface area contributed by atoms with E-state index >= 15 is 0 Å². The molecule has 148 valence electrons. The van der Waals surface area contributed by atoms with Gasteiger partial charge in [0.05, 0.1) is 5.69 Å². The maximum atomic E-state index is 12.9. The minimum absolute atomic E-state index is 0.0267. The minimum Gasteiger partial charge on any atom is -0.351 e. The SMILES string of the molecule is Cc1cc(C)c(C2C(=O)CC(CCNC(=O)c3nn(C)nc3C)C2=O)c(C)c1. The van der Waals surface area contributed by atoms with Crippen molar-refractivity contribution in [2.24, 2.45) is 13.0 Å². The first-order chi connectivity index (χ1) is 13.2. The third-order valence-electron chi connectivity index (χ3n) is 5.36. The molecular formula is C21H26N4O3. The molecule has 7 heteroatoms. The van der Waals surface area contributed by atoms with Crippen molar-refractivity contribution in [3.05, 3.63) is 45.8 Å². The van der Waals surface area contributed by atoms with E-state index in [1.54, 1.807) is 14.0 Å². The van der Waals surface area contributed by atoms with E-state index in [9.17, 15) is 14.4 Å². The Balaban J connectivity index is 1.66. The highest BCUT2D eigenvalue weighted by molar-refractivity contribution is 6.15. The van der Waals surface area contributed by atoms with Crippen LogP contribution in [0.15, 0.2) is 12.1 Å². The Labute approximate surface area is 164 Å². The lowest BCUT2D eigenvalue weighted by Gasteiger charge is -2.16. The summed E-state index contributed by atoms with van der Waals surface area (Å²) < 4.78 is 0. The molecule has 0 aliphatic heterocycles. The number of carbonyl (C=O) groups is 3. The third kappa shape index (κ3) is 3.74. The quantitative estimate of drug-likeness (QED) is 0.800. The monoisotopic (exact) mass is 382 g/mol. The second-order valence-corrected chi connectivity index (χ2v) is 7.68. The number of aromatic nitrogens is 3. The standard InChI is InChI=1S/C21H26N4O3/c1-11-8-12(2)17(13(3)9-11)18-16(26)10-15(20(18)27)6-7-22-21(28)19-14(4)23-25(5)24-19/h8-9,15,18H,6-7,10H2,1-5H3,(H,22,28). The van der Waals surface area contributed by atoms with Gasteiger partial charge in [-0.1, -0.05) is 17.7 Å². The highest BCUT2D eigenvalue weighted by Gasteiger charge is 2.42. The van der Waals surface area contributed by atoms with Crippen LogP contribution < -0.4 is 5.32 Å². The molecule has 1 aromatic carbocycles. The average Bonchev–Trinajstić information content (AvgIpc) is 3.07. The summed E-state index contributed by atoms with van der Waals surface area (Å²) in [6, 6.07) is 4.03. The van der Waals surface area contributed by atoms with Crippen LogP contribution in [0.1, 0.15) is 57.2 Å². The molecule has 3 rings (SSSR count). The molecule has 2 aromatic rings. The summed E-state index contributed by atoms with van der Waals surface area (Å²) in [5.74, 6) is -1.42. The van der Waals surface area contributed by atoms with Gasteiger partial charge in [-0.15, -0.1) is 5.10 Å².